The van der Waals surface area contributed by atoms with Crippen molar-refractivity contribution in [3.05, 3.63) is 33.3 Å². The average molecular weight is 218 g/mol. The van der Waals surface area contributed by atoms with Crippen molar-refractivity contribution in [1.82, 2.24) is 0 Å². The highest BCUT2D eigenvalue weighted by atomic mass is 35.5. The molecule has 0 saturated carbocycles. The zero-order valence-corrected chi connectivity index (χ0v) is 8.62. The van der Waals surface area contributed by atoms with E-state index >= 15 is 0 Å². The van der Waals surface area contributed by atoms with Gasteiger partial charge in [0.05, 0.1) is 6.42 Å². The number of aryl methyl sites for hydroxylation is 1. The molecule has 1 amide bonds. The van der Waals surface area contributed by atoms with Crippen LogP contribution in [0, 0.1) is 6.92 Å². The predicted molar refractivity (Wildman–Crippen MR) is 54.1 cm³/mol. The third-order valence-electron chi connectivity index (χ3n) is 1.64. The van der Waals surface area contributed by atoms with Crippen LogP contribution in [-0.2, 0) is 11.2 Å². The van der Waals surface area contributed by atoms with Crippen LogP contribution in [0.3, 0.4) is 0 Å². The van der Waals surface area contributed by atoms with Gasteiger partial charge in [0, 0.05) is 10.0 Å². The second kappa shape index (κ2) is 3.99. The molecule has 2 nitrogen and oxygen atoms in total. The number of halogens is 2. The first-order valence-electron chi connectivity index (χ1n) is 3.73. The maximum absolute atomic E-state index is 10.7. The summed E-state index contributed by atoms with van der Waals surface area (Å²) in [5, 5.41) is 0.979. The molecule has 70 valence electrons. The Morgan fingerprint density at radius 3 is 2.23 bits per heavy atom. The third-order valence-corrected chi connectivity index (χ3v) is 2.31. The minimum atomic E-state index is -0.437. The van der Waals surface area contributed by atoms with Crippen molar-refractivity contribution in [3.8, 4) is 0 Å². The minimum Gasteiger partial charge on any atom is -0.369 e. The fourth-order valence-electron chi connectivity index (χ4n) is 1.07. The number of amides is 1. The van der Waals surface area contributed by atoms with Gasteiger partial charge in [0.15, 0.2) is 0 Å². The molecular formula is C9H9Cl2NO. The van der Waals surface area contributed by atoms with E-state index in [1.165, 1.54) is 0 Å². The van der Waals surface area contributed by atoms with Crippen LogP contribution >= 0.6 is 23.2 Å². The summed E-state index contributed by atoms with van der Waals surface area (Å²) in [5.41, 5.74) is 6.60. The molecule has 4 heteroatoms. The van der Waals surface area contributed by atoms with Gasteiger partial charge in [-0.15, -0.1) is 0 Å². The molecule has 13 heavy (non-hydrogen) atoms. The Balaban J connectivity index is 3.13. The van der Waals surface area contributed by atoms with Crippen LogP contribution in [0.5, 0.6) is 0 Å². The summed E-state index contributed by atoms with van der Waals surface area (Å²) in [7, 11) is 0. The van der Waals surface area contributed by atoms with Gasteiger partial charge < -0.3 is 5.73 Å². The first-order valence-corrected chi connectivity index (χ1v) is 4.49. The number of benzene rings is 1. The number of primary amides is 1. The summed E-state index contributed by atoms with van der Waals surface area (Å²) < 4.78 is 0. The second-order valence-corrected chi connectivity index (χ2v) is 3.66. The highest BCUT2D eigenvalue weighted by Gasteiger charge is 2.09. The zero-order chi connectivity index (χ0) is 10.0. The van der Waals surface area contributed by atoms with Crippen LogP contribution < -0.4 is 5.73 Å². The Morgan fingerprint density at radius 1 is 1.38 bits per heavy atom. The lowest BCUT2D eigenvalue weighted by Crippen LogP contribution is -2.14. The number of carbonyl (C=O) groups is 1. The Bertz CT molecular complexity index is 326. The Hall–Kier alpha value is -0.730. The van der Waals surface area contributed by atoms with Crippen LogP contribution in [0.4, 0.5) is 0 Å². The molecule has 0 aliphatic rings. The molecule has 0 saturated heterocycles. The van der Waals surface area contributed by atoms with Crippen LogP contribution in [-0.4, -0.2) is 5.91 Å². The van der Waals surface area contributed by atoms with E-state index in [1.54, 1.807) is 12.1 Å². The number of hydrogen-bond acceptors (Lipinski definition) is 1. The van der Waals surface area contributed by atoms with Gasteiger partial charge in [-0.05, 0) is 30.2 Å². The van der Waals surface area contributed by atoms with Crippen molar-refractivity contribution in [2.75, 3.05) is 0 Å². The van der Waals surface area contributed by atoms with E-state index in [-0.39, 0.29) is 6.42 Å². The second-order valence-electron chi connectivity index (χ2n) is 2.85. The molecule has 0 bridgehead atoms. The monoisotopic (exact) mass is 217 g/mol. The molecule has 0 aromatic heterocycles. The van der Waals surface area contributed by atoms with E-state index in [0.29, 0.717) is 15.6 Å². The summed E-state index contributed by atoms with van der Waals surface area (Å²) in [4.78, 5) is 10.7. The highest BCUT2D eigenvalue weighted by molar-refractivity contribution is 6.36. The number of nitrogens with two attached hydrogens (primary N) is 1. The van der Waals surface area contributed by atoms with Crippen LogP contribution in [0.25, 0.3) is 0 Å². The fraction of sp³-hybridized carbons (Fsp3) is 0.222. The first kappa shape index (κ1) is 10.4. The van der Waals surface area contributed by atoms with E-state index in [2.05, 4.69) is 0 Å². The van der Waals surface area contributed by atoms with Crippen LogP contribution in [0.15, 0.2) is 12.1 Å². The van der Waals surface area contributed by atoms with Gasteiger partial charge in [-0.2, -0.15) is 0 Å². The molecule has 0 fully saturated rings. The van der Waals surface area contributed by atoms with E-state index < -0.39 is 5.91 Å². The van der Waals surface area contributed by atoms with E-state index in [1.807, 2.05) is 6.92 Å². The number of hydrogen-bond donors (Lipinski definition) is 1. The van der Waals surface area contributed by atoms with Gasteiger partial charge in [0.1, 0.15) is 0 Å². The van der Waals surface area contributed by atoms with Crippen LogP contribution in [0.1, 0.15) is 11.1 Å². The lowest BCUT2D eigenvalue weighted by atomic mass is 10.1. The van der Waals surface area contributed by atoms with Gasteiger partial charge >= 0.3 is 0 Å². The van der Waals surface area contributed by atoms with Crippen molar-refractivity contribution in [2.45, 2.75) is 13.3 Å². The van der Waals surface area contributed by atoms with E-state index in [4.69, 9.17) is 28.9 Å². The zero-order valence-electron chi connectivity index (χ0n) is 7.10. The van der Waals surface area contributed by atoms with Crippen molar-refractivity contribution in [1.29, 1.82) is 0 Å². The van der Waals surface area contributed by atoms with Crippen LogP contribution in [0.2, 0.25) is 10.0 Å². The average Bonchev–Trinajstić information content (AvgIpc) is 1.96. The molecule has 0 spiro atoms. The molecular weight excluding hydrogens is 209 g/mol. The van der Waals surface area contributed by atoms with Gasteiger partial charge in [0.2, 0.25) is 5.91 Å². The SMILES string of the molecule is Cc1cc(Cl)c(CC(N)=O)c(Cl)c1. The van der Waals surface area contributed by atoms with E-state index in [0.717, 1.165) is 5.56 Å². The lowest BCUT2D eigenvalue weighted by Gasteiger charge is -2.05. The molecule has 0 radical (unpaired) electrons. The minimum absolute atomic E-state index is 0.0813. The van der Waals surface area contributed by atoms with Crippen molar-refractivity contribution in [3.63, 3.8) is 0 Å². The largest absolute Gasteiger partial charge is 0.369 e. The first-order chi connectivity index (χ1) is 6.00. The molecule has 0 unspecified atom stereocenters. The maximum Gasteiger partial charge on any atom is 0.221 e. The third kappa shape index (κ3) is 2.61. The molecule has 2 N–H and O–H groups in total. The van der Waals surface area contributed by atoms with Crippen molar-refractivity contribution >= 4 is 29.1 Å². The summed E-state index contributed by atoms with van der Waals surface area (Å²) in [6, 6.07) is 3.51. The van der Waals surface area contributed by atoms with Crippen molar-refractivity contribution < 1.29 is 4.79 Å². The van der Waals surface area contributed by atoms with E-state index in [9.17, 15) is 4.79 Å². The molecule has 0 atom stereocenters. The molecule has 1 rings (SSSR count). The van der Waals surface area contributed by atoms with Gasteiger partial charge in [0.25, 0.3) is 0 Å². The smallest absolute Gasteiger partial charge is 0.221 e. The maximum atomic E-state index is 10.7. The number of rotatable bonds is 2. The van der Waals surface area contributed by atoms with Gasteiger partial charge in [-0.25, -0.2) is 0 Å². The summed E-state index contributed by atoms with van der Waals surface area (Å²) in [6.45, 7) is 1.88. The van der Waals surface area contributed by atoms with Gasteiger partial charge in [-0.3, -0.25) is 4.79 Å². The van der Waals surface area contributed by atoms with Crippen molar-refractivity contribution in [2.24, 2.45) is 5.73 Å². The highest BCUT2D eigenvalue weighted by Crippen LogP contribution is 2.26. The topological polar surface area (TPSA) is 43.1 Å². The summed E-state index contributed by atoms with van der Waals surface area (Å²) >= 11 is 11.8. The standard InChI is InChI=1S/C9H9Cl2NO/c1-5-2-7(10)6(4-9(12)13)8(11)3-5/h2-3H,4H2,1H3,(H2,12,13). The lowest BCUT2D eigenvalue weighted by molar-refractivity contribution is -0.117. The summed E-state index contributed by atoms with van der Waals surface area (Å²) in [6.07, 6.45) is 0.0813. The summed E-state index contributed by atoms with van der Waals surface area (Å²) in [5.74, 6) is -0.437. The predicted octanol–water partition coefficient (Wildman–Crippen LogP) is 2.33. The Kier molecular flexibility index (Phi) is 3.17. The molecule has 1 aromatic rings. The fourth-order valence-corrected chi connectivity index (χ4v) is 1.80. The Labute approximate surface area is 86.6 Å². The Morgan fingerprint density at radius 2 is 1.85 bits per heavy atom. The normalized spacial score (nSPS) is 10.1. The molecule has 0 heterocycles. The number of carbonyl (C=O) groups excluding carboxylic acids is 1. The molecule has 0 aliphatic carbocycles. The van der Waals surface area contributed by atoms with Gasteiger partial charge in [-0.1, -0.05) is 23.2 Å². The molecule has 1 aromatic carbocycles. The quantitative estimate of drug-likeness (QED) is 0.813. The molecule has 0 aliphatic heterocycles.